The first-order chi connectivity index (χ1) is 8.52. The van der Waals surface area contributed by atoms with Crippen LogP contribution in [-0.4, -0.2) is 46.0 Å². The van der Waals surface area contributed by atoms with Crippen molar-refractivity contribution >= 4 is 22.7 Å². The van der Waals surface area contributed by atoms with Gasteiger partial charge in [0.2, 0.25) is 0 Å². The van der Waals surface area contributed by atoms with E-state index >= 15 is 0 Å². The van der Waals surface area contributed by atoms with Gasteiger partial charge in [0.1, 0.15) is 7.75 Å². The Morgan fingerprint density at radius 2 is 1.42 bits per heavy atom. The summed E-state index contributed by atoms with van der Waals surface area (Å²) in [5.74, 6) is 0. The highest BCUT2D eigenvalue weighted by Gasteiger charge is 2.64. The van der Waals surface area contributed by atoms with Gasteiger partial charge in [-0.2, -0.15) is 0 Å². The standard InChI is InChI=1S/C14H33NOSi3/c1-14(2)13-19(7,15-11-9-8-10-12-15)18(5,6)17(3,4)16-14/h8-13H2,1-7H3. The minimum absolute atomic E-state index is 0.122. The van der Waals surface area contributed by atoms with Crippen LogP contribution in [0.25, 0.3) is 0 Å². The van der Waals surface area contributed by atoms with E-state index in [-0.39, 0.29) is 5.60 Å². The Labute approximate surface area is 122 Å². The van der Waals surface area contributed by atoms with E-state index in [1.54, 1.807) is 0 Å². The van der Waals surface area contributed by atoms with Crippen molar-refractivity contribution < 1.29 is 4.43 Å². The molecule has 2 aliphatic heterocycles. The fraction of sp³-hybridized carbons (Fsp3) is 1.00. The quantitative estimate of drug-likeness (QED) is 0.680. The minimum Gasteiger partial charge on any atom is -0.416 e. The van der Waals surface area contributed by atoms with Gasteiger partial charge in [0, 0.05) is 5.60 Å². The lowest BCUT2D eigenvalue weighted by atomic mass is 10.2. The van der Waals surface area contributed by atoms with Crippen LogP contribution in [0.3, 0.4) is 0 Å². The van der Waals surface area contributed by atoms with Crippen molar-refractivity contribution in [2.24, 2.45) is 0 Å². The molecular weight excluding hydrogens is 282 g/mol. The summed E-state index contributed by atoms with van der Waals surface area (Å²) in [6, 6.07) is 1.36. The van der Waals surface area contributed by atoms with Crippen molar-refractivity contribution in [1.82, 2.24) is 4.57 Å². The summed E-state index contributed by atoms with van der Waals surface area (Å²) < 4.78 is 9.66. The molecule has 0 spiro atoms. The third kappa shape index (κ3) is 2.57. The summed E-state index contributed by atoms with van der Waals surface area (Å²) in [5.41, 5.74) is 0.122. The van der Waals surface area contributed by atoms with Crippen molar-refractivity contribution in [3.8, 4) is 0 Å². The molecule has 2 rings (SSSR count). The fourth-order valence-corrected chi connectivity index (χ4v) is 37.6. The second-order valence-electron chi connectivity index (χ2n) is 8.50. The van der Waals surface area contributed by atoms with Crippen LogP contribution in [0.1, 0.15) is 33.1 Å². The number of piperidine rings is 1. The van der Waals surface area contributed by atoms with Gasteiger partial charge in [-0.25, -0.2) is 0 Å². The summed E-state index contributed by atoms with van der Waals surface area (Å²) in [5, 5.41) is 0. The van der Waals surface area contributed by atoms with Gasteiger partial charge in [0.15, 0.2) is 7.83 Å². The molecule has 0 amide bonds. The highest BCUT2D eigenvalue weighted by atomic mass is 29.6. The molecule has 112 valence electrons. The molecule has 0 aromatic carbocycles. The van der Waals surface area contributed by atoms with Gasteiger partial charge in [0.25, 0.3) is 0 Å². The number of hydrogen-bond donors (Lipinski definition) is 0. The monoisotopic (exact) mass is 315 g/mol. The zero-order valence-corrected chi connectivity index (χ0v) is 17.1. The van der Waals surface area contributed by atoms with Crippen LogP contribution in [-0.2, 0) is 4.43 Å². The zero-order valence-electron chi connectivity index (χ0n) is 14.1. The van der Waals surface area contributed by atoms with E-state index in [2.05, 4.69) is 51.1 Å². The van der Waals surface area contributed by atoms with Gasteiger partial charge in [-0.05, 0) is 58.9 Å². The maximum absolute atomic E-state index is 6.67. The fourth-order valence-electron chi connectivity index (χ4n) is 4.45. The van der Waals surface area contributed by atoms with Gasteiger partial charge in [-0.15, -0.1) is 0 Å². The van der Waals surface area contributed by atoms with Crippen LogP contribution < -0.4 is 0 Å². The van der Waals surface area contributed by atoms with Crippen LogP contribution in [0.5, 0.6) is 0 Å². The van der Waals surface area contributed by atoms with E-state index < -0.39 is 22.7 Å². The van der Waals surface area contributed by atoms with Gasteiger partial charge in [-0.3, -0.25) is 0 Å². The third-order valence-corrected chi connectivity index (χ3v) is 45.5. The van der Waals surface area contributed by atoms with E-state index in [1.807, 2.05) is 0 Å². The molecular formula is C14H33NOSi3. The van der Waals surface area contributed by atoms with Crippen molar-refractivity contribution in [2.45, 2.75) is 77.5 Å². The lowest BCUT2D eigenvalue weighted by Gasteiger charge is -2.62. The Hall–Kier alpha value is 0.571. The predicted octanol–water partition coefficient (Wildman–Crippen LogP) is 3.93. The van der Waals surface area contributed by atoms with Crippen molar-refractivity contribution in [1.29, 1.82) is 0 Å². The summed E-state index contributed by atoms with van der Waals surface area (Å²) >= 11 is 0. The molecule has 1 atom stereocenters. The molecule has 2 nitrogen and oxygen atoms in total. The molecule has 2 saturated heterocycles. The Morgan fingerprint density at radius 1 is 0.895 bits per heavy atom. The molecule has 0 saturated carbocycles. The van der Waals surface area contributed by atoms with E-state index in [1.165, 1.54) is 38.4 Å². The second-order valence-corrected chi connectivity index (χ2v) is 34.3. The molecule has 1 unspecified atom stereocenters. The average molecular weight is 316 g/mol. The largest absolute Gasteiger partial charge is 0.416 e. The van der Waals surface area contributed by atoms with Crippen molar-refractivity contribution in [2.75, 3.05) is 13.1 Å². The van der Waals surface area contributed by atoms with E-state index in [0.29, 0.717) is 0 Å². The number of nitrogens with zero attached hydrogens (tertiary/aromatic N) is 1. The van der Waals surface area contributed by atoms with E-state index in [0.717, 1.165) is 0 Å². The van der Waals surface area contributed by atoms with Crippen molar-refractivity contribution in [3.05, 3.63) is 0 Å². The molecule has 0 aromatic heterocycles. The van der Waals surface area contributed by atoms with Crippen LogP contribution in [0.15, 0.2) is 0 Å². The molecule has 5 heteroatoms. The molecule has 0 aromatic rings. The number of rotatable bonds is 1. The van der Waals surface area contributed by atoms with Crippen LogP contribution in [0, 0.1) is 0 Å². The van der Waals surface area contributed by atoms with Crippen LogP contribution in [0.4, 0.5) is 0 Å². The Bertz CT molecular complexity index is 351. The molecule has 0 aliphatic carbocycles. The summed E-state index contributed by atoms with van der Waals surface area (Å²) in [7, 11) is -4.11. The van der Waals surface area contributed by atoms with Gasteiger partial charge in [-0.1, -0.05) is 26.1 Å². The highest BCUT2D eigenvalue weighted by molar-refractivity contribution is 7.67. The topological polar surface area (TPSA) is 12.5 Å². The Kier molecular flexibility index (Phi) is 4.03. The molecule has 2 fully saturated rings. The molecule has 19 heavy (non-hydrogen) atoms. The Morgan fingerprint density at radius 3 is 1.95 bits per heavy atom. The lowest BCUT2D eigenvalue weighted by Crippen LogP contribution is -2.83. The first kappa shape index (κ1) is 16.0. The summed E-state index contributed by atoms with van der Waals surface area (Å²) in [4.78, 5) is 0. The van der Waals surface area contributed by atoms with Gasteiger partial charge >= 0.3 is 0 Å². The van der Waals surface area contributed by atoms with Gasteiger partial charge in [0.05, 0.1) is 7.11 Å². The zero-order chi connectivity index (χ0) is 14.5. The van der Waals surface area contributed by atoms with Crippen LogP contribution >= 0.6 is 0 Å². The lowest BCUT2D eigenvalue weighted by molar-refractivity contribution is 0.118. The molecule has 0 bridgehead atoms. The minimum atomic E-state index is -1.51. The van der Waals surface area contributed by atoms with E-state index in [4.69, 9.17) is 4.43 Å². The van der Waals surface area contributed by atoms with Gasteiger partial charge < -0.3 is 8.99 Å². The molecule has 0 N–H and O–H groups in total. The predicted molar refractivity (Wildman–Crippen MR) is 92.0 cm³/mol. The second kappa shape index (κ2) is 4.80. The van der Waals surface area contributed by atoms with E-state index in [9.17, 15) is 0 Å². The Balaban J connectivity index is 2.39. The normalized spacial score (nSPS) is 38.1. The average Bonchev–Trinajstić information content (AvgIpc) is 2.26. The van der Waals surface area contributed by atoms with Crippen LogP contribution in [0.2, 0.25) is 38.8 Å². The number of hydrogen-bond acceptors (Lipinski definition) is 2. The molecule has 2 heterocycles. The first-order valence-electron chi connectivity index (χ1n) is 7.97. The summed E-state index contributed by atoms with van der Waals surface area (Å²) in [6.07, 6.45) is 4.30. The summed E-state index contributed by atoms with van der Waals surface area (Å²) in [6.45, 7) is 20.5. The maximum atomic E-state index is 6.67. The maximum Gasteiger partial charge on any atom is 0.173 e. The third-order valence-electron chi connectivity index (χ3n) is 6.21. The van der Waals surface area contributed by atoms with Crippen molar-refractivity contribution in [3.63, 3.8) is 0 Å². The molecule has 2 aliphatic rings. The molecule has 0 radical (unpaired) electrons. The smallest absolute Gasteiger partial charge is 0.173 e. The first-order valence-corrected chi connectivity index (χ1v) is 18.5. The highest BCUT2D eigenvalue weighted by Crippen LogP contribution is 2.45. The SMILES string of the molecule is CC1(C)C[Si](C)(N2CCCCC2)[Si](C)(C)[Si](C)(C)O1.